The Balaban J connectivity index is 1.84. The molecule has 1 heterocycles. The molecule has 2 amide bonds. The number of primary amides is 1. The third-order valence-electron chi connectivity index (χ3n) is 5.34. The van der Waals surface area contributed by atoms with Crippen molar-refractivity contribution in [2.75, 3.05) is 20.3 Å². The van der Waals surface area contributed by atoms with Crippen LogP contribution in [0, 0.1) is 5.92 Å². The summed E-state index contributed by atoms with van der Waals surface area (Å²) in [5.74, 6) is 0.512. The zero-order valence-corrected chi connectivity index (χ0v) is 15.8. The highest BCUT2D eigenvalue weighted by atomic mass is 35.5. The van der Waals surface area contributed by atoms with Crippen LogP contribution in [-0.2, 0) is 4.79 Å². The summed E-state index contributed by atoms with van der Waals surface area (Å²) in [6, 6.07) is 3.52. The predicted octanol–water partition coefficient (Wildman–Crippen LogP) is 3.01. The number of amides is 2. The summed E-state index contributed by atoms with van der Waals surface area (Å²) in [5.41, 5.74) is 5.59. The Morgan fingerprint density at radius 2 is 1.96 bits per heavy atom. The van der Waals surface area contributed by atoms with Gasteiger partial charge in [0.15, 0.2) is 18.1 Å². The van der Waals surface area contributed by atoms with Gasteiger partial charge in [-0.2, -0.15) is 0 Å². The van der Waals surface area contributed by atoms with Crippen LogP contribution in [0.5, 0.6) is 11.5 Å². The number of fused-ring (bicyclic) bond motifs is 1. The number of hydrogen-bond donors (Lipinski definition) is 1. The number of halogens is 1. The second-order valence-electron chi connectivity index (χ2n) is 7.00. The number of hydrogen-bond acceptors (Lipinski definition) is 4. The normalized spacial score (nSPS) is 22.5. The predicted molar refractivity (Wildman–Crippen MR) is 98.7 cm³/mol. The third kappa shape index (κ3) is 3.90. The fourth-order valence-corrected chi connectivity index (χ4v) is 4.43. The second-order valence-corrected chi connectivity index (χ2v) is 7.40. The summed E-state index contributed by atoms with van der Waals surface area (Å²) in [4.78, 5) is 26.1. The SMILES string of the molecule is COc1cc(C(=O)N2CCC[C@H]3CCCC[C@@H]32)cc(Cl)c1OCC(N)=O. The van der Waals surface area contributed by atoms with E-state index in [-0.39, 0.29) is 23.3 Å². The van der Waals surface area contributed by atoms with Gasteiger partial charge in [-0.3, -0.25) is 9.59 Å². The van der Waals surface area contributed by atoms with Crippen molar-refractivity contribution in [3.63, 3.8) is 0 Å². The van der Waals surface area contributed by atoms with Crippen LogP contribution >= 0.6 is 11.6 Å². The number of benzene rings is 1. The topological polar surface area (TPSA) is 81.9 Å². The molecule has 142 valence electrons. The van der Waals surface area contributed by atoms with Crippen molar-refractivity contribution in [3.8, 4) is 11.5 Å². The standard InChI is InChI=1S/C19H25ClN2O4/c1-25-16-10-13(9-14(20)18(16)26-11-17(21)23)19(24)22-8-4-6-12-5-2-3-7-15(12)22/h9-10,12,15H,2-8,11H2,1H3,(H2,21,23)/t12-,15+/m1/s1. The lowest BCUT2D eigenvalue weighted by Crippen LogP contribution is -2.49. The van der Waals surface area contributed by atoms with Crippen LogP contribution in [0.4, 0.5) is 0 Å². The van der Waals surface area contributed by atoms with E-state index in [1.54, 1.807) is 12.1 Å². The zero-order valence-electron chi connectivity index (χ0n) is 15.0. The number of likely N-dealkylation sites (tertiary alicyclic amines) is 1. The van der Waals surface area contributed by atoms with Crippen LogP contribution in [0.1, 0.15) is 48.9 Å². The molecule has 3 rings (SSSR count). The van der Waals surface area contributed by atoms with Crippen molar-refractivity contribution in [2.24, 2.45) is 11.7 Å². The first-order valence-corrected chi connectivity index (χ1v) is 9.48. The lowest BCUT2D eigenvalue weighted by atomic mass is 9.78. The number of ether oxygens (including phenoxy) is 2. The number of methoxy groups -OCH3 is 1. The Kier molecular flexibility index (Phi) is 5.91. The molecule has 1 aliphatic carbocycles. The fraction of sp³-hybridized carbons (Fsp3) is 0.579. The molecule has 0 aromatic heterocycles. The Labute approximate surface area is 158 Å². The molecule has 6 nitrogen and oxygen atoms in total. The lowest BCUT2D eigenvalue weighted by molar-refractivity contribution is -0.119. The molecule has 2 aliphatic rings. The van der Waals surface area contributed by atoms with Crippen LogP contribution in [0.15, 0.2) is 12.1 Å². The summed E-state index contributed by atoms with van der Waals surface area (Å²) in [5, 5.41) is 0.228. The van der Waals surface area contributed by atoms with Gasteiger partial charge in [-0.1, -0.05) is 24.4 Å². The Hall–Kier alpha value is -1.95. The molecule has 1 aromatic carbocycles. The molecule has 26 heavy (non-hydrogen) atoms. The van der Waals surface area contributed by atoms with Crippen LogP contribution in [0.25, 0.3) is 0 Å². The van der Waals surface area contributed by atoms with E-state index in [2.05, 4.69) is 0 Å². The van der Waals surface area contributed by atoms with Gasteiger partial charge in [-0.05, 0) is 43.7 Å². The van der Waals surface area contributed by atoms with Crippen LogP contribution in [0.3, 0.4) is 0 Å². The van der Waals surface area contributed by atoms with E-state index in [0.29, 0.717) is 23.3 Å². The van der Waals surface area contributed by atoms with E-state index >= 15 is 0 Å². The maximum Gasteiger partial charge on any atom is 0.255 e. The van der Waals surface area contributed by atoms with Crippen molar-refractivity contribution in [1.82, 2.24) is 4.90 Å². The van der Waals surface area contributed by atoms with E-state index < -0.39 is 5.91 Å². The van der Waals surface area contributed by atoms with Crippen molar-refractivity contribution in [1.29, 1.82) is 0 Å². The van der Waals surface area contributed by atoms with Gasteiger partial charge < -0.3 is 20.1 Å². The minimum atomic E-state index is -0.611. The molecule has 1 saturated heterocycles. The fourth-order valence-electron chi connectivity index (χ4n) is 4.17. The van der Waals surface area contributed by atoms with Crippen molar-refractivity contribution < 1.29 is 19.1 Å². The summed E-state index contributed by atoms with van der Waals surface area (Å²) in [6.07, 6.45) is 6.96. The summed E-state index contributed by atoms with van der Waals surface area (Å²) in [6.45, 7) is 0.471. The maximum absolute atomic E-state index is 13.1. The molecule has 2 N–H and O–H groups in total. The molecule has 2 atom stereocenters. The summed E-state index contributed by atoms with van der Waals surface area (Å²) in [7, 11) is 1.47. The number of carbonyl (C=O) groups excluding carboxylic acids is 2. The number of nitrogens with two attached hydrogens (primary N) is 1. The Morgan fingerprint density at radius 3 is 2.69 bits per heavy atom. The highest BCUT2D eigenvalue weighted by Crippen LogP contribution is 2.39. The number of piperidine rings is 1. The molecule has 1 saturated carbocycles. The van der Waals surface area contributed by atoms with E-state index in [1.807, 2.05) is 4.90 Å². The monoisotopic (exact) mass is 380 g/mol. The molecular weight excluding hydrogens is 356 g/mol. The molecule has 0 radical (unpaired) electrons. The van der Waals surface area contributed by atoms with E-state index in [1.165, 1.54) is 32.8 Å². The molecule has 0 unspecified atom stereocenters. The average molecular weight is 381 g/mol. The number of carbonyl (C=O) groups is 2. The van der Waals surface area contributed by atoms with Gasteiger partial charge in [-0.25, -0.2) is 0 Å². The molecule has 7 heteroatoms. The molecule has 1 aliphatic heterocycles. The molecule has 0 bridgehead atoms. The smallest absolute Gasteiger partial charge is 0.255 e. The first-order chi connectivity index (χ1) is 12.5. The summed E-state index contributed by atoms with van der Waals surface area (Å²) >= 11 is 6.29. The minimum absolute atomic E-state index is 0.0248. The highest BCUT2D eigenvalue weighted by Gasteiger charge is 2.36. The van der Waals surface area contributed by atoms with E-state index in [4.69, 9.17) is 26.8 Å². The van der Waals surface area contributed by atoms with Gasteiger partial charge in [0.25, 0.3) is 11.8 Å². The van der Waals surface area contributed by atoms with Crippen LogP contribution in [0.2, 0.25) is 5.02 Å². The number of nitrogens with zero attached hydrogens (tertiary/aromatic N) is 1. The highest BCUT2D eigenvalue weighted by molar-refractivity contribution is 6.32. The maximum atomic E-state index is 13.1. The first-order valence-electron chi connectivity index (χ1n) is 9.11. The quantitative estimate of drug-likeness (QED) is 0.851. The zero-order chi connectivity index (χ0) is 18.7. The summed E-state index contributed by atoms with van der Waals surface area (Å²) < 4.78 is 10.6. The molecule has 2 fully saturated rings. The molecule has 1 aromatic rings. The lowest BCUT2D eigenvalue weighted by Gasteiger charge is -2.44. The van der Waals surface area contributed by atoms with Gasteiger partial charge >= 0.3 is 0 Å². The van der Waals surface area contributed by atoms with E-state index in [9.17, 15) is 9.59 Å². The van der Waals surface area contributed by atoms with Gasteiger partial charge in [0, 0.05) is 18.2 Å². The van der Waals surface area contributed by atoms with Crippen molar-refractivity contribution in [2.45, 2.75) is 44.6 Å². The minimum Gasteiger partial charge on any atom is -0.493 e. The third-order valence-corrected chi connectivity index (χ3v) is 5.62. The van der Waals surface area contributed by atoms with Gasteiger partial charge in [-0.15, -0.1) is 0 Å². The molecular formula is C19H25ClN2O4. The first kappa shape index (κ1) is 18.8. The molecule has 0 spiro atoms. The van der Waals surface area contributed by atoms with Gasteiger partial charge in [0.05, 0.1) is 12.1 Å². The average Bonchev–Trinajstić information content (AvgIpc) is 2.65. The van der Waals surface area contributed by atoms with Crippen LogP contribution < -0.4 is 15.2 Å². The Morgan fingerprint density at radius 1 is 1.23 bits per heavy atom. The van der Waals surface area contributed by atoms with Crippen molar-refractivity contribution in [3.05, 3.63) is 22.7 Å². The van der Waals surface area contributed by atoms with Crippen molar-refractivity contribution >= 4 is 23.4 Å². The van der Waals surface area contributed by atoms with E-state index in [0.717, 1.165) is 19.4 Å². The second kappa shape index (κ2) is 8.16. The number of rotatable bonds is 5. The largest absolute Gasteiger partial charge is 0.493 e. The van der Waals surface area contributed by atoms with Crippen LogP contribution in [-0.4, -0.2) is 43.0 Å². The van der Waals surface area contributed by atoms with Gasteiger partial charge in [0.1, 0.15) is 0 Å². The Bertz CT molecular complexity index is 692. The van der Waals surface area contributed by atoms with Gasteiger partial charge in [0.2, 0.25) is 0 Å².